The molecule has 2 aromatic carbocycles. The molecule has 0 saturated heterocycles. The average Bonchev–Trinajstić information content (AvgIpc) is 3.49. The van der Waals surface area contributed by atoms with Crippen LogP contribution < -0.4 is 5.32 Å². The minimum absolute atomic E-state index is 0.0360. The molecule has 0 unspecified atom stereocenters. The number of hydrogen-bond acceptors (Lipinski definition) is 7. The van der Waals surface area contributed by atoms with E-state index in [1.165, 1.54) is 29.5 Å². The Morgan fingerprint density at radius 2 is 1.94 bits per heavy atom. The first-order valence-corrected chi connectivity index (χ1v) is 11.6. The Hall–Kier alpha value is -3.97. The van der Waals surface area contributed by atoms with E-state index in [9.17, 15) is 20.2 Å². The van der Waals surface area contributed by atoms with Gasteiger partial charge >= 0.3 is 0 Å². The Balaban J connectivity index is 1.44. The number of nitro benzene ring substituents is 1. The summed E-state index contributed by atoms with van der Waals surface area (Å²) in [6, 6.07) is 16.3. The number of amides is 1. The van der Waals surface area contributed by atoms with Crippen LogP contribution in [0.2, 0.25) is 10.0 Å². The standard InChI is InChI=1S/C24H14Cl2N4O4S/c25-20-7-1-14(10-21(20)26)9-19-13-28-24(35-19)29-23(31)16(12-27)11-18-6-8-22(34-18)15-2-4-17(5-3-15)30(32)33/h1-8,10-11,13H,9H2,(H,28,29,31). The second kappa shape index (κ2) is 10.5. The lowest BCUT2D eigenvalue weighted by molar-refractivity contribution is -0.384. The largest absolute Gasteiger partial charge is 0.457 e. The summed E-state index contributed by atoms with van der Waals surface area (Å²) in [6.45, 7) is 0. The zero-order valence-electron chi connectivity index (χ0n) is 17.7. The first-order chi connectivity index (χ1) is 16.8. The van der Waals surface area contributed by atoms with E-state index < -0.39 is 10.8 Å². The van der Waals surface area contributed by atoms with Crippen LogP contribution >= 0.6 is 34.5 Å². The molecule has 0 aliphatic heterocycles. The van der Waals surface area contributed by atoms with Crippen molar-refractivity contribution < 1.29 is 14.1 Å². The molecule has 1 N–H and O–H groups in total. The number of carbonyl (C=O) groups is 1. The van der Waals surface area contributed by atoms with Gasteiger partial charge in [-0.15, -0.1) is 11.3 Å². The number of furan rings is 1. The lowest BCUT2D eigenvalue weighted by atomic mass is 10.1. The third kappa shape index (κ3) is 5.94. The van der Waals surface area contributed by atoms with Crippen molar-refractivity contribution in [3.05, 3.63) is 103 Å². The topological polar surface area (TPSA) is 122 Å². The van der Waals surface area contributed by atoms with Crippen molar-refractivity contribution in [1.82, 2.24) is 4.98 Å². The van der Waals surface area contributed by atoms with Crippen LogP contribution in [-0.2, 0) is 11.2 Å². The smallest absolute Gasteiger partial charge is 0.269 e. The van der Waals surface area contributed by atoms with Gasteiger partial charge in [0.25, 0.3) is 11.6 Å². The van der Waals surface area contributed by atoms with E-state index in [1.807, 2.05) is 12.1 Å². The van der Waals surface area contributed by atoms with Gasteiger partial charge in [0, 0.05) is 41.3 Å². The number of aromatic nitrogens is 1. The zero-order chi connectivity index (χ0) is 24.9. The van der Waals surface area contributed by atoms with Gasteiger partial charge < -0.3 is 4.42 Å². The molecule has 0 saturated carbocycles. The van der Waals surface area contributed by atoms with Gasteiger partial charge in [-0.1, -0.05) is 29.3 Å². The number of thiazole rings is 1. The van der Waals surface area contributed by atoms with Gasteiger partial charge in [0.1, 0.15) is 23.2 Å². The highest BCUT2D eigenvalue weighted by Gasteiger charge is 2.14. The Morgan fingerprint density at radius 1 is 1.17 bits per heavy atom. The molecule has 0 spiro atoms. The van der Waals surface area contributed by atoms with Gasteiger partial charge in [-0.25, -0.2) is 4.98 Å². The molecule has 0 aliphatic carbocycles. The maximum atomic E-state index is 12.6. The van der Waals surface area contributed by atoms with E-state index in [2.05, 4.69) is 10.3 Å². The maximum Gasteiger partial charge on any atom is 0.269 e. The molecule has 4 rings (SSSR count). The predicted octanol–water partition coefficient (Wildman–Crippen LogP) is 6.75. The van der Waals surface area contributed by atoms with Gasteiger partial charge in [0.05, 0.1) is 15.0 Å². The van der Waals surface area contributed by atoms with Crippen molar-refractivity contribution >= 4 is 57.3 Å². The molecule has 8 nitrogen and oxygen atoms in total. The summed E-state index contributed by atoms with van der Waals surface area (Å²) in [6.07, 6.45) is 3.51. The molecule has 0 radical (unpaired) electrons. The van der Waals surface area contributed by atoms with Crippen LogP contribution in [0.15, 0.2) is 70.8 Å². The van der Waals surface area contributed by atoms with E-state index in [1.54, 1.807) is 42.6 Å². The van der Waals surface area contributed by atoms with Gasteiger partial charge in [0.15, 0.2) is 5.13 Å². The zero-order valence-corrected chi connectivity index (χ0v) is 20.0. The van der Waals surface area contributed by atoms with E-state index in [4.69, 9.17) is 27.6 Å². The normalized spacial score (nSPS) is 11.2. The molecule has 11 heteroatoms. The summed E-state index contributed by atoms with van der Waals surface area (Å²) in [5, 5.41) is 24.2. The van der Waals surface area contributed by atoms with Crippen LogP contribution in [-0.4, -0.2) is 15.8 Å². The van der Waals surface area contributed by atoms with Crippen LogP contribution in [0.3, 0.4) is 0 Å². The Kier molecular flexibility index (Phi) is 7.27. The number of halogens is 2. The monoisotopic (exact) mass is 524 g/mol. The van der Waals surface area contributed by atoms with Gasteiger partial charge in [-0.05, 0) is 42.0 Å². The molecule has 0 fully saturated rings. The van der Waals surface area contributed by atoms with Crippen molar-refractivity contribution in [3.8, 4) is 17.4 Å². The van der Waals surface area contributed by atoms with E-state index in [0.717, 1.165) is 10.4 Å². The first kappa shape index (κ1) is 24.2. The molecule has 0 atom stereocenters. The van der Waals surface area contributed by atoms with Crippen molar-refractivity contribution in [2.24, 2.45) is 0 Å². The fourth-order valence-corrected chi connectivity index (χ4v) is 4.25. The number of hydrogen-bond donors (Lipinski definition) is 1. The van der Waals surface area contributed by atoms with Crippen molar-refractivity contribution in [2.75, 3.05) is 5.32 Å². The van der Waals surface area contributed by atoms with Crippen LogP contribution in [0.25, 0.3) is 17.4 Å². The maximum absolute atomic E-state index is 12.6. The highest BCUT2D eigenvalue weighted by molar-refractivity contribution is 7.15. The predicted molar refractivity (Wildman–Crippen MR) is 134 cm³/mol. The first-order valence-electron chi connectivity index (χ1n) is 9.99. The molecule has 174 valence electrons. The van der Waals surface area contributed by atoms with Gasteiger partial charge in [-0.3, -0.25) is 20.2 Å². The average molecular weight is 525 g/mol. The number of rotatable bonds is 7. The fourth-order valence-electron chi connectivity index (χ4n) is 3.09. The molecular weight excluding hydrogens is 511 g/mol. The molecule has 0 bridgehead atoms. The molecule has 4 aromatic rings. The second-order valence-electron chi connectivity index (χ2n) is 7.19. The number of anilines is 1. The van der Waals surface area contributed by atoms with Gasteiger partial charge in [0.2, 0.25) is 0 Å². The third-order valence-electron chi connectivity index (χ3n) is 4.78. The minimum atomic E-state index is -0.628. The highest BCUT2D eigenvalue weighted by atomic mass is 35.5. The lowest BCUT2D eigenvalue weighted by Gasteiger charge is -2.01. The SMILES string of the molecule is N#CC(=Cc1ccc(-c2ccc([N+](=O)[O-])cc2)o1)C(=O)Nc1ncc(Cc2ccc(Cl)c(Cl)c2)s1. The number of non-ortho nitro benzene ring substituents is 1. The van der Waals surface area contributed by atoms with Crippen LogP contribution in [0.4, 0.5) is 10.8 Å². The van der Waals surface area contributed by atoms with Crippen LogP contribution in [0.1, 0.15) is 16.2 Å². The quantitative estimate of drug-likeness (QED) is 0.123. The van der Waals surface area contributed by atoms with E-state index >= 15 is 0 Å². The summed E-state index contributed by atoms with van der Waals surface area (Å²) in [4.78, 5) is 28.0. The summed E-state index contributed by atoms with van der Waals surface area (Å²) in [5.74, 6) is 0.0939. The number of nitro groups is 1. The third-order valence-corrected chi connectivity index (χ3v) is 6.43. The molecule has 2 aromatic heterocycles. The van der Waals surface area contributed by atoms with Crippen molar-refractivity contribution in [2.45, 2.75) is 6.42 Å². The molecule has 1 amide bonds. The molecular formula is C24H14Cl2N4O4S. The minimum Gasteiger partial charge on any atom is -0.457 e. The van der Waals surface area contributed by atoms with Crippen LogP contribution in [0.5, 0.6) is 0 Å². The Morgan fingerprint density at radius 3 is 2.63 bits per heavy atom. The number of nitriles is 1. The molecule has 0 aliphatic rings. The summed E-state index contributed by atoms with van der Waals surface area (Å²) in [5.41, 5.74) is 1.36. The van der Waals surface area contributed by atoms with E-state index in [-0.39, 0.29) is 17.0 Å². The lowest BCUT2D eigenvalue weighted by Crippen LogP contribution is -2.13. The summed E-state index contributed by atoms with van der Waals surface area (Å²) < 4.78 is 5.68. The number of carbonyl (C=O) groups excluding carboxylic acids is 1. The van der Waals surface area contributed by atoms with Gasteiger partial charge in [-0.2, -0.15) is 5.26 Å². The number of benzene rings is 2. The van der Waals surface area contributed by atoms with Crippen molar-refractivity contribution in [1.29, 1.82) is 5.26 Å². The Bertz CT molecular complexity index is 1490. The number of nitrogens with one attached hydrogen (secondary N) is 1. The number of nitrogens with zero attached hydrogens (tertiary/aromatic N) is 3. The fraction of sp³-hybridized carbons (Fsp3) is 0.0417. The van der Waals surface area contributed by atoms with Crippen molar-refractivity contribution in [3.63, 3.8) is 0 Å². The Labute approximate surface area is 213 Å². The molecule has 35 heavy (non-hydrogen) atoms. The van der Waals surface area contributed by atoms with Crippen LogP contribution in [0, 0.1) is 21.4 Å². The van der Waals surface area contributed by atoms with E-state index in [0.29, 0.717) is 32.9 Å². The second-order valence-corrected chi connectivity index (χ2v) is 9.12. The summed E-state index contributed by atoms with van der Waals surface area (Å²) >= 11 is 13.3. The highest BCUT2D eigenvalue weighted by Crippen LogP contribution is 2.28. The molecule has 2 heterocycles. The summed E-state index contributed by atoms with van der Waals surface area (Å²) in [7, 11) is 0.